The van der Waals surface area contributed by atoms with E-state index in [2.05, 4.69) is 21.2 Å². The SMILES string of the molecule is O=C(O)CCCNC(=O)c1cc(Br)ccc1Cl. The monoisotopic (exact) mass is 319 g/mol. The number of aliphatic carboxylic acids is 1. The highest BCUT2D eigenvalue weighted by Gasteiger charge is 2.10. The Morgan fingerprint density at radius 3 is 2.76 bits per heavy atom. The number of carboxylic acid groups (broad SMARTS) is 1. The highest BCUT2D eigenvalue weighted by molar-refractivity contribution is 9.10. The Kier molecular flexibility index (Phi) is 5.44. The van der Waals surface area contributed by atoms with Crippen molar-refractivity contribution >= 4 is 39.4 Å². The first-order valence-corrected chi connectivity index (χ1v) is 6.13. The second-order valence-corrected chi connectivity index (χ2v) is 4.70. The van der Waals surface area contributed by atoms with Crippen molar-refractivity contribution in [3.8, 4) is 0 Å². The topological polar surface area (TPSA) is 66.4 Å². The number of amides is 1. The standard InChI is InChI=1S/C11H11BrClNO3/c12-7-3-4-9(13)8(6-7)11(17)14-5-1-2-10(15)16/h3-4,6H,1-2,5H2,(H,14,17)(H,15,16). The van der Waals surface area contributed by atoms with Crippen LogP contribution in [0.1, 0.15) is 23.2 Å². The summed E-state index contributed by atoms with van der Waals surface area (Å²) in [7, 11) is 0. The molecule has 0 fully saturated rings. The molecular weight excluding hydrogens is 309 g/mol. The van der Waals surface area contributed by atoms with Gasteiger partial charge in [-0.3, -0.25) is 9.59 Å². The summed E-state index contributed by atoms with van der Waals surface area (Å²) in [6.07, 6.45) is 0.430. The molecule has 0 unspecified atom stereocenters. The van der Waals surface area contributed by atoms with Gasteiger partial charge in [-0.1, -0.05) is 27.5 Å². The third-order valence-corrected chi connectivity index (χ3v) is 2.85. The van der Waals surface area contributed by atoms with Gasteiger partial charge in [-0.2, -0.15) is 0 Å². The van der Waals surface area contributed by atoms with Gasteiger partial charge in [0.1, 0.15) is 0 Å². The van der Waals surface area contributed by atoms with E-state index in [1.807, 2.05) is 0 Å². The van der Waals surface area contributed by atoms with E-state index in [4.69, 9.17) is 16.7 Å². The van der Waals surface area contributed by atoms with Crippen LogP contribution >= 0.6 is 27.5 Å². The second-order valence-electron chi connectivity index (χ2n) is 3.38. The molecule has 4 nitrogen and oxygen atoms in total. The number of carbonyl (C=O) groups is 2. The van der Waals surface area contributed by atoms with E-state index in [-0.39, 0.29) is 12.3 Å². The van der Waals surface area contributed by atoms with E-state index in [1.54, 1.807) is 18.2 Å². The molecule has 2 N–H and O–H groups in total. The summed E-state index contributed by atoms with van der Waals surface area (Å²) in [6, 6.07) is 4.98. The predicted octanol–water partition coefficient (Wildman–Crippen LogP) is 2.70. The van der Waals surface area contributed by atoms with Gasteiger partial charge in [-0.15, -0.1) is 0 Å². The molecule has 6 heteroatoms. The zero-order valence-corrected chi connectivity index (χ0v) is 11.2. The Hall–Kier alpha value is -1.07. The van der Waals surface area contributed by atoms with Crippen molar-refractivity contribution in [3.63, 3.8) is 0 Å². The molecule has 0 aliphatic carbocycles. The molecule has 0 spiro atoms. The number of rotatable bonds is 5. The van der Waals surface area contributed by atoms with Crippen molar-refractivity contribution in [2.45, 2.75) is 12.8 Å². The molecule has 1 amide bonds. The zero-order chi connectivity index (χ0) is 12.8. The number of halogens is 2. The molecule has 17 heavy (non-hydrogen) atoms. The van der Waals surface area contributed by atoms with Gasteiger partial charge < -0.3 is 10.4 Å². The Morgan fingerprint density at radius 1 is 1.41 bits per heavy atom. The fraction of sp³-hybridized carbons (Fsp3) is 0.273. The highest BCUT2D eigenvalue weighted by atomic mass is 79.9. The summed E-state index contributed by atoms with van der Waals surface area (Å²) in [6.45, 7) is 0.313. The fourth-order valence-electron chi connectivity index (χ4n) is 1.21. The van der Waals surface area contributed by atoms with E-state index in [0.29, 0.717) is 23.6 Å². The molecule has 1 aromatic rings. The molecule has 0 atom stereocenters. The minimum Gasteiger partial charge on any atom is -0.481 e. The molecule has 0 saturated carbocycles. The van der Waals surface area contributed by atoms with Crippen LogP contribution in [0.25, 0.3) is 0 Å². The molecule has 0 radical (unpaired) electrons. The maximum atomic E-state index is 11.7. The van der Waals surface area contributed by atoms with E-state index < -0.39 is 5.97 Å². The summed E-state index contributed by atoms with van der Waals surface area (Å²) >= 11 is 9.13. The molecule has 0 heterocycles. The van der Waals surface area contributed by atoms with E-state index >= 15 is 0 Å². The molecule has 0 aromatic heterocycles. The lowest BCUT2D eigenvalue weighted by Crippen LogP contribution is -2.25. The average Bonchev–Trinajstić information content (AvgIpc) is 2.27. The average molecular weight is 321 g/mol. The summed E-state index contributed by atoms with van der Waals surface area (Å²) in [5, 5.41) is 11.4. The Bertz CT molecular complexity index is 437. The van der Waals surface area contributed by atoms with Crippen LogP contribution in [-0.4, -0.2) is 23.5 Å². The first kappa shape index (κ1) is 14.0. The lowest BCUT2D eigenvalue weighted by Gasteiger charge is -2.06. The zero-order valence-electron chi connectivity index (χ0n) is 8.87. The lowest BCUT2D eigenvalue weighted by atomic mass is 10.2. The van der Waals surface area contributed by atoms with Gasteiger partial charge in [-0.05, 0) is 24.6 Å². The smallest absolute Gasteiger partial charge is 0.303 e. The number of nitrogens with one attached hydrogen (secondary N) is 1. The van der Waals surface area contributed by atoms with Crippen LogP contribution in [0.5, 0.6) is 0 Å². The number of carbonyl (C=O) groups excluding carboxylic acids is 1. The number of hydrogen-bond acceptors (Lipinski definition) is 2. The van der Waals surface area contributed by atoms with Gasteiger partial charge in [0.25, 0.3) is 5.91 Å². The minimum atomic E-state index is -0.875. The van der Waals surface area contributed by atoms with Crippen LogP contribution in [0, 0.1) is 0 Å². The minimum absolute atomic E-state index is 0.0342. The summed E-state index contributed by atoms with van der Waals surface area (Å²) in [5.41, 5.74) is 0.372. The number of benzene rings is 1. The fourth-order valence-corrected chi connectivity index (χ4v) is 1.77. The molecule has 1 aromatic carbocycles. The number of hydrogen-bond donors (Lipinski definition) is 2. The van der Waals surface area contributed by atoms with Gasteiger partial charge in [-0.25, -0.2) is 0 Å². The van der Waals surface area contributed by atoms with Crippen LogP contribution in [0.15, 0.2) is 22.7 Å². The van der Waals surface area contributed by atoms with Gasteiger partial charge in [0.05, 0.1) is 10.6 Å². The van der Waals surface area contributed by atoms with Crippen molar-refractivity contribution in [2.75, 3.05) is 6.54 Å². The normalized spacial score (nSPS) is 10.0. The van der Waals surface area contributed by atoms with Crippen LogP contribution in [-0.2, 0) is 4.79 Å². The molecule has 0 saturated heterocycles. The maximum Gasteiger partial charge on any atom is 0.303 e. The van der Waals surface area contributed by atoms with Crippen LogP contribution in [0.3, 0.4) is 0 Å². The quantitative estimate of drug-likeness (QED) is 0.820. The molecule has 0 bridgehead atoms. The molecule has 0 aliphatic rings. The summed E-state index contributed by atoms with van der Waals surface area (Å²) in [4.78, 5) is 22.0. The first-order valence-electron chi connectivity index (χ1n) is 4.95. The Balaban J connectivity index is 2.52. The Morgan fingerprint density at radius 2 is 2.12 bits per heavy atom. The maximum absolute atomic E-state index is 11.7. The van der Waals surface area contributed by atoms with Crippen LogP contribution in [0.4, 0.5) is 0 Å². The first-order chi connectivity index (χ1) is 8.00. The molecule has 0 aliphatic heterocycles. The third kappa shape index (κ3) is 4.75. The third-order valence-electron chi connectivity index (χ3n) is 2.03. The molecule has 92 valence electrons. The van der Waals surface area contributed by atoms with E-state index in [9.17, 15) is 9.59 Å². The van der Waals surface area contributed by atoms with Crippen LogP contribution in [0.2, 0.25) is 5.02 Å². The van der Waals surface area contributed by atoms with Gasteiger partial charge >= 0.3 is 5.97 Å². The van der Waals surface area contributed by atoms with Crippen molar-refractivity contribution in [1.82, 2.24) is 5.32 Å². The largest absolute Gasteiger partial charge is 0.481 e. The summed E-state index contributed by atoms with van der Waals surface area (Å²) < 4.78 is 0.762. The van der Waals surface area contributed by atoms with E-state index in [1.165, 1.54) is 0 Å². The summed E-state index contributed by atoms with van der Waals surface area (Å²) in [5.74, 6) is -1.18. The lowest BCUT2D eigenvalue weighted by molar-refractivity contribution is -0.137. The van der Waals surface area contributed by atoms with Gasteiger partial charge in [0.15, 0.2) is 0 Å². The van der Waals surface area contributed by atoms with Crippen molar-refractivity contribution < 1.29 is 14.7 Å². The predicted molar refractivity (Wildman–Crippen MR) is 68.4 cm³/mol. The van der Waals surface area contributed by atoms with Gasteiger partial charge in [0, 0.05) is 17.4 Å². The van der Waals surface area contributed by atoms with Crippen LogP contribution < -0.4 is 5.32 Å². The van der Waals surface area contributed by atoms with Gasteiger partial charge in [0.2, 0.25) is 0 Å². The van der Waals surface area contributed by atoms with Crippen molar-refractivity contribution in [2.24, 2.45) is 0 Å². The molecule has 1 rings (SSSR count). The number of carboxylic acids is 1. The van der Waals surface area contributed by atoms with E-state index in [0.717, 1.165) is 4.47 Å². The second kappa shape index (κ2) is 6.61. The molecular formula is C11H11BrClNO3. The highest BCUT2D eigenvalue weighted by Crippen LogP contribution is 2.20. The van der Waals surface area contributed by atoms with Crippen molar-refractivity contribution in [3.05, 3.63) is 33.3 Å². The Labute approximate surface area is 112 Å². The van der Waals surface area contributed by atoms with Crippen molar-refractivity contribution in [1.29, 1.82) is 0 Å².